The van der Waals surface area contributed by atoms with Gasteiger partial charge in [0.15, 0.2) is 0 Å². The molecule has 0 radical (unpaired) electrons. The molecule has 1 amide bonds. The molecule has 1 saturated heterocycles. The van der Waals surface area contributed by atoms with E-state index in [1.54, 1.807) is 0 Å². The number of rotatable bonds is 3. The first kappa shape index (κ1) is 14.9. The lowest BCUT2D eigenvalue weighted by Crippen LogP contribution is -2.37. The van der Waals surface area contributed by atoms with Crippen LogP contribution in [0.15, 0.2) is 24.3 Å². The predicted octanol–water partition coefficient (Wildman–Crippen LogP) is 2.30. The molecule has 1 heterocycles. The first-order chi connectivity index (χ1) is 9.29. The van der Waals surface area contributed by atoms with Crippen molar-refractivity contribution in [3.05, 3.63) is 35.4 Å². The molecule has 5 nitrogen and oxygen atoms in total. The zero-order valence-electron chi connectivity index (χ0n) is 10.6. The molecule has 0 spiro atoms. The minimum absolute atomic E-state index is 0.0185. The van der Waals surface area contributed by atoms with Gasteiger partial charge < -0.3 is 5.11 Å². The van der Waals surface area contributed by atoms with Gasteiger partial charge in [-0.25, -0.2) is 17.8 Å². The number of alkyl halides is 2. The summed E-state index contributed by atoms with van der Waals surface area (Å²) in [6.45, 7) is 0.826. The van der Waals surface area contributed by atoms with Crippen LogP contribution in [-0.4, -0.2) is 32.4 Å². The number of amides is 1. The number of hydrogen-bond acceptors (Lipinski definition) is 3. The van der Waals surface area contributed by atoms with Crippen LogP contribution in [0, 0.1) is 0 Å². The Labute approximate surface area is 116 Å². The molecule has 1 aliphatic rings. The molecule has 1 fully saturated rings. The molecule has 1 aromatic carbocycles. The molecule has 20 heavy (non-hydrogen) atoms. The number of carbonyl (C=O) groups is 1. The monoisotopic (exact) mass is 305 g/mol. The van der Waals surface area contributed by atoms with E-state index in [9.17, 15) is 17.8 Å². The van der Waals surface area contributed by atoms with Crippen molar-refractivity contribution in [2.24, 2.45) is 0 Å². The summed E-state index contributed by atoms with van der Waals surface area (Å²) in [5.41, 5.74) is 0.569. The number of nitrogens with zero attached hydrogens (tertiary/aromatic N) is 1. The van der Waals surface area contributed by atoms with Crippen molar-refractivity contribution in [1.29, 1.82) is 0 Å². The first-order valence-corrected chi connectivity index (χ1v) is 6.87. The van der Waals surface area contributed by atoms with Crippen LogP contribution < -0.4 is 0 Å². The maximum Gasteiger partial charge on any atom is 0.421 e. The summed E-state index contributed by atoms with van der Waals surface area (Å²) in [6, 6.07) is 5.03. The third-order valence-electron chi connectivity index (χ3n) is 2.97. The zero-order chi connectivity index (χ0) is 14.9. The molecule has 8 heteroatoms. The molecule has 1 aliphatic heterocycles. The average molecular weight is 305 g/mol. The van der Waals surface area contributed by atoms with Crippen LogP contribution in [0.2, 0.25) is 0 Å². The molecule has 2 atom stereocenters. The van der Waals surface area contributed by atoms with Crippen molar-refractivity contribution in [2.75, 3.05) is 6.61 Å². The van der Waals surface area contributed by atoms with Gasteiger partial charge in [-0.15, -0.1) is 0 Å². The normalized spacial score (nSPS) is 23.1. The summed E-state index contributed by atoms with van der Waals surface area (Å²) in [7, 11) is 0. The third kappa shape index (κ3) is 3.13. The van der Waals surface area contributed by atoms with Gasteiger partial charge in [-0.2, -0.15) is 4.31 Å². The molecular weight excluding hydrogens is 292 g/mol. The first-order valence-electron chi connectivity index (χ1n) is 5.83. The van der Waals surface area contributed by atoms with E-state index in [1.807, 2.05) is 0 Å². The van der Waals surface area contributed by atoms with E-state index in [1.165, 1.54) is 24.3 Å². The molecule has 1 aromatic rings. The van der Waals surface area contributed by atoms with Gasteiger partial charge in [-0.3, -0.25) is 4.18 Å². The van der Waals surface area contributed by atoms with E-state index in [0.29, 0.717) is 5.56 Å². The van der Waals surface area contributed by atoms with Gasteiger partial charge >= 0.3 is 6.09 Å². The summed E-state index contributed by atoms with van der Waals surface area (Å²) in [4.78, 5) is 11.0. The lowest BCUT2D eigenvalue weighted by Gasteiger charge is -2.17. The van der Waals surface area contributed by atoms with Crippen LogP contribution in [0.3, 0.4) is 0 Å². The highest BCUT2D eigenvalue weighted by atomic mass is 32.2. The Morgan fingerprint density at radius 2 is 2.10 bits per heavy atom. The Morgan fingerprint density at radius 1 is 1.50 bits per heavy atom. The Morgan fingerprint density at radius 3 is 2.60 bits per heavy atom. The fourth-order valence-corrected chi connectivity index (χ4v) is 2.84. The molecule has 2 rings (SSSR count). The van der Waals surface area contributed by atoms with E-state index >= 15 is 0 Å². The van der Waals surface area contributed by atoms with Crippen LogP contribution in [0.1, 0.15) is 18.1 Å². The van der Waals surface area contributed by atoms with Crippen molar-refractivity contribution in [2.45, 2.75) is 25.3 Å². The number of carboxylic acid groups (broad SMARTS) is 1. The average Bonchev–Trinajstić information content (AvgIpc) is 2.70. The summed E-state index contributed by atoms with van der Waals surface area (Å²) in [5, 5.41) is 8.94. The van der Waals surface area contributed by atoms with Crippen molar-refractivity contribution in [3.8, 4) is 0 Å². The van der Waals surface area contributed by atoms with Gasteiger partial charge in [-0.05, 0) is 12.0 Å². The summed E-state index contributed by atoms with van der Waals surface area (Å²) in [6.07, 6.45) is -1.07. The molecule has 110 valence electrons. The fourth-order valence-electron chi connectivity index (χ4n) is 1.95. The van der Waals surface area contributed by atoms with Gasteiger partial charge in [0.25, 0.3) is 17.2 Å². The van der Waals surface area contributed by atoms with Crippen LogP contribution in [0.5, 0.6) is 0 Å². The van der Waals surface area contributed by atoms with Crippen LogP contribution in [0.25, 0.3) is 0 Å². The molecule has 2 unspecified atom stereocenters. The summed E-state index contributed by atoms with van der Waals surface area (Å²) >= 11 is -2.00. The quantitative estimate of drug-likeness (QED) is 0.930. The molecule has 0 aromatic heterocycles. The lowest BCUT2D eigenvalue weighted by molar-refractivity contribution is 0.0174. The molecule has 0 aliphatic carbocycles. The third-order valence-corrected chi connectivity index (χ3v) is 4.09. The van der Waals surface area contributed by atoms with Gasteiger partial charge in [0, 0.05) is 12.5 Å². The minimum atomic E-state index is -2.91. The van der Waals surface area contributed by atoms with E-state index < -0.39 is 29.3 Å². The number of halogens is 2. The van der Waals surface area contributed by atoms with Crippen molar-refractivity contribution >= 4 is 17.4 Å². The van der Waals surface area contributed by atoms with E-state index in [2.05, 4.69) is 0 Å². The SMILES string of the molecule is CC(F)(F)c1ccc(CC2COS(=O)N2C(=O)O)cc1. The fraction of sp³-hybridized carbons (Fsp3) is 0.417. The minimum Gasteiger partial charge on any atom is -0.464 e. The Balaban J connectivity index is 2.11. The second-order valence-electron chi connectivity index (χ2n) is 4.55. The zero-order valence-corrected chi connectivity index (χ0v) is 11.4. The van der Waals surface area contributed by atoms with Gasteiger partial charge in [0.1, 0.15) is 0 Å². The highest BCUT2D eigenvalue weighted by molar-refractivity contribution is 7.78. The van der Waals surface area contributed by atoms with E-state index in [4.69, 9.17) is 9.29 Å². The molecule has 1 N–H and O–H groups in total. The number of benzene rings is 1. The maximum absolute atomic E-state index is 13.1. The van der Waals surface area contributed by atoms with Gasteiger partial charge in [-0.1, -0.05) is 24.3 Å². The predicted molar refractivity (Wildman–Crippen MR) is 67.5 cm³/mol. The number of hydrogen-bond donors (Lipinski definition) is 1. The van der Waals surface area contributed by atoms with Gasteiger partial charge in [0.2, 0.25) is 0 Å². The highest BCUT2D eigenvalue weighted by Crippen LogP contribution is 2.27. The van der Waals surface area contributed by atoms with E-state index in [0.717, 1.165) is 11.2 Å². The standard InChI is InChI=1S/C12H13F2NO4S/c1-12(13,14)9-4-2-8(3-5-9)6-10-7-19-20(18)15(10)11(16)17/h2-5,10H,6-7H2,1H3,(H,16,17). The Bertz CT molecular complexity index is 529. The summed E-state index contributed by atoms with van der Waals surface area (Å²) < 4.78 is 43.0. The van der Waals surface area contributed by atoms with Crippen LogP contribution >= 0.6 is 0 Å². The van der Waals surface area contributed by atoms with Crippen molar-refractivity contribution in [1.82, 2.24) is 4.31 Å². The van der Waals surface area contributed by atoms with E-state index in [-0.39, 0.29) is 18.6 Å². The van der Waals surface area contributed by atoms with Crippen LogP contribution in [0.4, 0.5) is 13.6 Å². The van der Waals surface area contributed by atoms with Gasteiger partial charge in [0.05, 0.1) is 12.6 Å². The lowest BCUT2D eigenvalue weighted by atomic mass is 10.0. The summed E-state index contributed by atoms with van der Waals surface area (Å²) in [5.74, 6) is -2.91. The molecule has 0 bridgehead atoms. The van der Waals surface area contributed by atoms with Crippen molar-refractivity contribution in [3.63, 3.8) is 0 Å². The largest absolute Gasteiger partial charge is 0.464 e. The maximum atomic E-state index is 13.1. The topological polar surface area (TPSA) is 66.8 Å². The molecular formula is C12H13F2NO4S. The smallest absolute Gasteiger partial charge is 0.421 e. The Kier molecular flexibility index (Phi) is 4.05. The van der Waals surface area contributed by atoms with Crippen molar-refractivity contribution < 1.29 is 27.1 Å². The highest BCUT2D eigenvalue weighted by Gasteiger charge is 2.36. The molecule has 0 saturated carbocycles. The second kappa shape index (κ2) is 5.45. The second-order valence-corrected chi connectivity index (χ2v) is 5.62. The van der Waals surface area contributed by atoms with Crippen LogP contribution in [-0.2, 0) is 27.8 Å². The Hall–Kier alpha value is -1.54.